The van der Waals surface area contributed by atoms with Gasteiger partial charge in [0.05, 0.1) is 6.54 Å². The number of nitrogens with zero attached hydrogens (tertiary/aromatic N) is 2. The van der Waals surface area contributed by atoms with Gasteiger partial charge < -0.3 is 14.7 Å². The van der Waals surface area contributed by atoms with Gasteiger partial charge in [0.25, 0.3) is 5.91 Å². The molecular formula is C22H26FN3O3. The fourth-order valence-electron chi connectivity index (χ4n) is 3.88. The Morgan fingerprint density at radius 3 is 2.52 bits per heavy atom. The van der Waals surface area contributed by atoms with Crippen molar-refractivity contribution in [1.82, 2.24) is 15.4 Å². The number of carbonyl (C=O) groups excluding carboxylic acids is 2. The summed E-state index contributed by atoms with van der Waals surface area (Å²) < 4.78 is 18.3. The van der Waals surface area contributed by atoms with E-state index in [9.17, 15) is 14.0 Å². The third-order valence-electron chi connectivity index (χ3n) is 5.71. The maximum Gasteiger partial charge on any atom is 0.273 e. The van der Waals surface area contributed by atoms with Crippen LogP contribution in [0.15, 0.2) is 34.9 Å². The minimum atomic E-state index is -0.359. The summed E-state index contributed by atoms with van der Waals surface area (Å²) in [4.78, 5) is 27.1. The average molecular weight is 399 g/mol. The van der Waals surface area contributed by atoms with Crippen molar-refractivity contribution in [2.24, 2.45) is 5.92 Å². The number of halogens is 1. The lowest BCUT2D eigenvalue weighted by atomic mass is 9.93. The van der Waals surface area contributed by atoms with Gasteiger partial charge in [-0.1, -0.05) is 36.6 Å². The molecule has 0 bridgehead atoms. The molecule has 1 N–H and O–H groups in total. The summed E-state index contributed by atoms with van der Waals surface area (Å²) in [6.45, 7) is 0.633. The largest absolute Gasteiger partial charge is 0.359 e. The second-order valence-electron chi connectivity index (χ2n) is 8.02. The first kappa shape index (κ1) is 19.6. The quantitative estimate of drug-likeness (QED) is 0.768. The molecule has 29 heavy (non-hydrogen) atoms. The van der Waals surface area contributed by atoms with Crippen molar-refractivity contribution < 1.29 is 18.5 Å². The van der Waals surface area contributed by atoms with E-state index in [4.69, 9.17) is 4.52 Å². The summed E-state index contributed by atoms with van der Waals surface area (Å²) in [5.41, 5.74) is 0.978. The standard InChI is InChI=1S/C22H26FN3O3/c23-17-10-6-15(7-11-17)13-24-21(27)20-12-19(29-25-20)14-26(22(28)16-8-9-16)18-4-2-1-3-5-18/h6-7,10-12,16,18H,1-5,8-9,13-14H2,(H,24,27). The SMILES string of the molecule is O=C(NCc1ccc(F)cc1)c1cc(CN(C(=O)C2CC2)C2CCCCC2)on1. The molecule has 2 aromatic rings. The van der Waals surface area contributed by atoms with Crippen LogP contribution >= 0.6 is 0 Å². The van der Waals surface area contributed by atoms with Crippen LogP contribution < -0.4 is 5.32 Å². The summed E-state index contributed by atoms with van der Waals surface area (Å²) in [6.07, 6.45) is 7.50. The summed E-state index contributed by atoms with van der Waals surface area (Å²) in [6, 6.07) is 7.80. The molecule has 0 spiro atoms. The minimum absolute atomic E-state index is 0.151. The Bertz CT molecular complexity index is 854. The summed E-state index contributed by atoms with van der Waals surface area (Å²) in [5.74, 6) is 0.206. The Kier molecular flexibility index (Phi) is 5.92. The van der Waals surface area contributed by atoms with Crippen molar-refractivity contribution in [2.75, 3.05) is 0 Å². The van der Waals surface area contributed by atoms with E-state index in [1.807, 2.05) is 4.90 Å². The molecule has 2 amide bonds. The summed E-state index contributed by atoms with van der Waals surface area (Å²) in [5, 5.41) is 6.63. The van der Waals surface area contributed by atoms with Crippen molar-refractivity contribution in [1.29, 1.82) is 0 Å². The molecule has 0 unspecified atom stereocenters. The monoisotopic (exact) mass is 399 g/mol. The van der Waals surface area contributed by atoms with Crippen molar-refractivity contribution in [3.05, 3.63) is 53.2 Å². The third-order valence-corrected chi connectivity index (χ3v) is 5.71. The van der Waals surface area contributed by atoms with Crippen LogP contribution in [0.2, 0.25) is 0 Å². The number of hydrogen-bond donors (Lipinski definition) is 1. The van der Waals surface area contributed by atoms with Crippen molar-refractivity contribution in [2.45, 2.75) is 64.1 Å². The molecule has 0 aliphatic heterocycles. The first-order valence-electron chi connectivity index (χ1n) is 10.4. The lowest BCUT2D eigenvalue weighted by molar-refractivity contribution is -0.136. The summed E-state index contributed by atoms with van der Waals surface area (Å²) >= 11 is 0. The molecule has 0 atom stereocenters. The van der Waals surface area contributed by atoms with Crippen molar-refractivity contribution >= 4 is 11.8 Å². The first-order valence-corrected chi connectivity index (χ1v) is 10.4. The smallest absolute Gasteiger partial charge is 0.273 e. The van der Waals surface area contributed by atoms with E-state index >= 15 is 0 Å². The van der Waals surface area contributed by atoms with E-state index in [2.05, 4.69) is 10.5 Å². The Morgan fingerprint density at radius 2 is 1.83 bits per heavy atom. The van der Waals surface area contributed by atoms with Gasteiger partial charge >= 0.3 is 0 Å². The molecule has 1 aromatic heterocycles. The van der Waals surface area contributed by atoms with Gasteiger partial charge in [-0.2, -0.15) is 0 Å². The van der Waals surface area contributed by atoms with E-state index in [0.29, 0.717) is 12.3 Å². The zero-order valence-corrected chi connectivity index (χ0v) is 16.4. The van der Waals surface area contributed by atoms with Gasteiger partial charge in [-0.3, -0.25) is 9.59 Å². The molecule has 7 heteroatoms. The fourth-order valence-corrected chi connectivity index (χ4v) is 3.88. The highest BCUT2D eigenvalue weighted by molar-refractivity contribution is 5.92. The number of amides is 2. The van der Waals surface area contributed by atoms with E-state index < -0.39 is 0 Å². The number of carbonyl (C=O) groups is 2. The van der Waals surface area contributed by atoms with Crippen molar-refractivity contribution in [3.8, 4) is 0 Å². The number of aromatic nitrogens is 1. The van der Waals surface area contributed by atoms with Crippen molar-refractivity contribution in [3.63, 3.8) is 0 Å². The van der Waals surface area contributed by atoms with Crippen LogP contribution in [0, 0.1) is 11.7 Å². The van der Waals surface area contributed by atoms with Crippen LogP contribution in [0.4, 0.5) is 4.39 Å². The van der Waals surface area contributed by atoms with E-state index in [-0.39, 0.29) is 41.8 Å². The second kappa shape index (κ2) is 8.76. The van der Waals surface area contributed by atoms with Crippen LogP contribution in [0.5, 0.6) is 0 Å². The van der Waals surface area contributed by atoms with Crippen LogP contribution in [0.1, 0.15) is 66.8 Å². The average Bonchev–Trinajstić information content (AvgIpc) is 3.49. The molecule has 2 aliphatic carbocycles. The number of benzene rings is 1. The maximum atomic E-state index is 13.0. The highest BCUT2D eigenvalue weighted by Crippen LogP contribution is 2.34. The lowest BCUT2D eigenvalue weighted by Crippen LogP contribution is -2.41. The molecule has 0 radical (unpaired) electrons. The summed E-state index contributed by atoms with van der Waals surface area (Å²) in [7, 11) is 0. The Balaban J connectivity index is 1.37. The lowest BCUT2D eigenvalue weighted by Gasteiger charge is -2.34. The van der Waals surface area contributed by atoms with Gasteiger partial charge in [0.1, 0.15) is 5.82 Å². The van der Waals surface area contributed by atoms with Gasteiger partial charge in [0, 0.05) is 24.6 Å². The maximum absolute atomic E-state index is 13.0. The molecule has 4 rings (SSSR count). The van der Waals surface area contributed by atoms with Gasteiger partial charge in [-0.15, -0.1) is 0 Å². The highest BCUT2D eigenvalue weighted by atomic mass is 19.1. The first-order chi connectivity index (χ1) is 14.1. The van der Waals surface area contributed by atoms with Gasteiger partial charge in [0.2, 0.25) is 5.91 Å². The zero-order chi connectivity index (χ0) is 20.2. The molecule has 1 aromatic carbocycles. The zero-order valence-electron chi connectivity index (χ0n) is 16.4. The topological polar surface area (TPSA) is 75.4 Å². The fraction of sp³-hybridized carbons (Fsp3) is 0.500. The second-order valence-corrected chi connectivity index (χ2v) is 8.02. The number of hydrogen-bond acceptors (Lipinski definition) is 4. The number of nitrogens with one attached hydrogen (secondary N) is 1. The third kappa shape index (κ3) is 5.02. The molecule has 154 valence electrons. The molecule has 2 fully saturated rings. The van der Waals surface area contributed by atoms with Crippen LogP contribution in [-0.4, -0.2) is 27.9 Å². The molecule has 2 aliphatic rings. The predicted octanol–water partition coefficient (Wildman–Crippen LogP) is 3.82. The molecule has 0 saturated heterocycles. The molecule has 1 heterocycles. The van der Waals surface area contributed by atoms with E-state index in [1.165, 1.54) is 18.6 Å². The Labute approximate surface area is 169 Å². The van der Waals surface area contributed by atoms with Gasteiger partial charge in [-0.05, 0) is 43.4 Å². The van der Waals surface area contributed by atoms with Crippen LogP contribution in [0.25, 0.3) is 0 Å². The van der Waals surface area contributed by atoms with Gasteiger partial charge in [-0.25, -0.2) is 4.39 Å². The molecule has 6 nitrogen and oxygen atoms in total. The van der Waals surface area contributed by atoms with Crippen LogP contribution in [-0.2, 0) is 17.9 Å². The van der Waals surface area contributed by atoms with E-state index in [1.54, 1.807) is 18.2 Å². The Morgan fingerprint density at radius 1 is 1.10 bits per heavy atom. The molecule has 2 saturated carbocycles. The normalized spacial score (nSPS) is 17.1. The number of rotatable bonds is 7. The van der Waals surface area contributed by atoms with E-state index in [0.717, 1.165) is 44.1 Å². The highest BCUT2D eigenvalue weighted by Gasteiger charge is 2.37. The Hall–Kier alpha value is -2.70. The van der Waals surface area contributed by atoms with Gasteiger partial charge in [0.15, 0.2) is 11.5 Å². The van der Waals surface area contributed by atoms with Crippen LogP contribution in [0.3, 0.4) is 0 Å². The minimum Gasteiger partial charge on any atom is -0.359 e. The predicted molar refractivity (Wildman–Crippen MR) is 104 cm³/mol. The molecular weight excluding hydrogens is 373 g/mol.